The summed E-state index contributed by atoms with van der Waals surface area (Å²) in [5.74, 6) is -2.65. The van der Waals surface area contributed by atoms with Crippen LogP contribution in [0.5, 0.6) is 11.5 Å². The summed E-state index contributed by atoms with van der Waals surface area (Å²) in [4.78, 5) is 50.9. The topological polar surface area (TPSA) is 191 Å². The first-order chi connectivity index (χ1) is 18.5. The summed E-state index contributed by atoms with van der Waals surface area (Å²) in [7, 11) is 0. The highest BCUT2D eigenvalue weighted by atomic mass is 32.2. The van der Waals surface area contributed by atoms with Crippen molar-refractivity contribution in [3.8, 4) is 11.5 Å². The van der Waals surface area contributed by atoms with Crippen LogP contribution in [0.3, 0.4) is 0 Å². The molecule has 0 aliphatic carbocycles. The molecule has 0 radical (unpaired) electrons. The van der Waals surface area contributed by atoms with Crippen molar-refractivity contribution in [3.63, 3.8) is 0 Å². The second kappa shape index (κ2) is 15.9. The van der Waals surface area contributed by atoms with Crippen molar-refractivity contribution < 1.29 is 34.5 Å². The number of carbonyl (C=O) groups is 4. The van der Waals surface area contributed by atoms with Crippen LogP contribution in [0, 0.1) is 0 Å². The number of amides is 3. The molecule has 4 atom stereocenters. The average Bonchev–Trinajstić information content (AvgIpc) is 2.91. The molecule has 2 aromatic rings. The lowest BCUT2D eigenvalue weighted by molar-refractivity contribution is -0.142. The van der Waals surface area contributed by atoms with Gasteiger partial charge in [0.05, 0.1) is 6.04 Å². The number of hydrogen-bond acceptors (Lipinski definition) is 9. The Kier molecular flexibility index (Phi) is 12.9. The largest absolute Gasteiger partial charge is 0.508 e. The first-order valence-corrected chi connectivity index (χ1v) is 14.1. The van der Waals surface area contributed by atoms with Gasteiger partial charge in [0.15, 0.2) is 0 Å². The number of nitrogens with one attached hydrogen (secondary N) is 3. The van der Waals surface area contributed by atoms with Crippen molar-refractivity contribution in [1.29, 1.82) is 0 Å². The molecule has 0 aliphatic heterocycles. The van der Waals surface area contributed by atoms with Gasteiger partial charge in [0.1, 0.15) is 29.6 Å². The number of phenolic OH excluding ortho intramolecular Hbond substituents is 2. The van der Waals surface area contributed by atoms with Crippen LogP contribution in [0.1, 0.15) is 17.5 Å². The molecule has 212 valence electrons. The Morgan fingerprint density at radius 3 is 1.59 bits per heavy atom. The number of phenols is 2. The average molecular weight is 579 g/mol. The molecule has 2 aromatic carbocycles. The van der Waals surface area contributed by atoms with Gasteiger partial charge in [-0.3, -0.25) is 14.4 Å². The molecule has 0 aliphatic rings. The number of aromatic hydroxyl groups is 2. The zero-order chi connectivity index (χ0) is 28.9. The molecule has 3 amide bonds. The van der Waals surface area contributed by atoms with Gasteiger partial charge in [-0.15, -0.1) is 0 Å². The normalized spacial score (nSPS) is 13.9. The Hall–Kier alpha value is -3.42. The first kappa shape index (κ1) is 31.8. The maximum absolute atomic E-state index is 13.4. The van der Waals surface area contributed by atoms with Gasteiger partial charge in [-0.05, 0) is 53.8 Å². The summed E-state index contributed by atoms with van der Waals surface area (Å²) in [5.41, 5.74) is 6.99. The molecule has 0 aromatic heterocycles. The second-order valence-corrected chi connectivity index (χ2v) is 10.2. The Morgan fingerprint density at radius 1 is 0.795 bits per heavy atom. The zero-order valence-electron chi connectivity index (χ0n) is 21.4. The van der Waals surface area contributed by atoms with Crippen LogP contribution in [0.15, 0.2) is 48.5 Å². The van der Waals surface area contributed by atoms with E-state index in [-0.39, 0.29) is 36.5 Å². The van der Waals surface area contributed by atoms with Crippen molar-refractivity contribution in [2.75, 3.05) is 17.8 Å². The quantitative estimate of drug-likeness (QED) is 0.139. The second-order valence-electron chi connectivity index (χ2n) is 8.83. The van der Waals surface area contributed by atoms with Crippen LogP contribution in [0.25, 0.3) is 0 Å². The molecule has 0 saturated heterocycles. The van der Waals surface area contributed by atoms with Crippen LogP contribution in [0.2, 0.25) is 0 Å². The van der Waals surface area contributed by atoms with Gasteiger partial charge in [-0.1, -0.05) is 24.3 Å². The summed E-state index contributed by atoms with van der Waals surface area (Å²) in [5, 5.41) is 36.4. The number of thiol groups is 1. The Balaban J connectivity index is 2.31. The molecule has 0 fully saturated rings. The minimum atomic E-state index is -1.20. The van der Waals surface area contributed by atoms with Gasteiger partial charge in [0.2, 0.25) is 17.7 Å². The van der Waals surface area contributed by atoms with E-state index >= 15 is 0 Å². The minimum Gasteiger partial charge on any atom is -0.508 e. The van der Waals surface area contributed by atoms with Crippen LogP contribution >= 0.6 is 24.4 Å². The molecule has 39 heavy (non-hydrogen) atoms. The Bertz CT molecular complexity index is 1120. The number of rotatable bonds is 15. The van der Waals surface area contributed by atoms with Gasteiger partial charge >= 0.3 is 5.97 Å². The number of carboxylic acids is 1. The van der Waals surface area contributed by atoms with Crippen molar-refractivity contribution in [2.45, 2.75) is 43.4 Å². The van der Waals surface area contributed by atoms with E-state index in [1.807, 2.05) is 6.26 Å². The van der Waals surface area contributed by atoms with Gasteiger partial charge in [-0.25, -0.2) is 4.79 Å². The molecule has 13 heteroatoms. The van der Waals surface area contributed by atoms with E-state index < -0.39 is 47.9 Å². The van der Waals surface area contributed by atoms with E-state index in [2.05, 4.69) is 28.6 Å². The lowest BCUT2D eigenvalue weighted by Crippen LogP contribution is -2.58. The Morgan fingerprint density at radius 2 is 1.21 bits per heavy atom. The van der Waals surface area contributed by atoms with Gasteiger partial charge in [-0.2, -0.15) is 24.4 Å². The number of benzene rings is 2. The van der Waals surface area contributed by atoms with E-state index in [9.17, 15) is 34.5 Å². The third-order valence-corrected chi connectivity index (χ3v) is 6.81. The van der Waals surface area contributed by atoms with E-state index in [1.165, 1.54) is 36.0 Å². The minimum absolute atomic E-state index is 0.0112. The molecule has 2 rings (SSSR count). The van der Waals surface area contributed by atoms with Crippen LogP contribution < -0.4 is 21.7 Å². The van der Waals surface area contributed by atoms with Crippen LogP contribution in [0.4, 0.5) is 0 Å². The number of hydrogen-bond donors (Lipinski definition) is 8. The summed E-state index contributed by atoms with van der Waals surface area (Å²) in [6, 6.07) is 7.57. The molecule has 0 bridgehead atoms. The predicted octanol–water partition coefficient (Wildman–Crippen LogP) is 0.432. The van der Waals surface area contributed by atoms with Crippen LogP contribution in [-0.2, 0) is 32.0 Å². The zero-order valence-corrected chi connectivity index (χ0v) is 23.1. The Labute approximate surface area is 236 Å². The number of thioether (sulfide) groups is 1. The van der Waals surface area contributed by atoms with Gasteiger partial charge in [0.25, 0.3) is 0 Å². The summed E-state index contributed by atoms with van der Waals surface area (Å²) in [6.45, 7) is 0. The number of aliphatic carboxylic acids is 1. The fraction of sp³-hybridized carbons (Fsp3) is 0.385. The lowest BCUT2D eigenvalue weighted by atomic mass is 10.0. The van der Waals surface area contributed by atoms with E-state index in [1.54, 1.807) is 24.3 Å². The maximum atomic E-state index is 13.4. The maximum Gasteiger partial charge on any atom is 0.326 e. The number of carboxylic acid groups (broad SMARTS) is 1. The summed E-state index contributed by atoms with van der Waals surface area (Å²) >= 11 is 5.46. The fourth-order valence-electron chi connectivity index (χ4n) is 3.55. The van der Waals surface area contributed by atoms with Gasteiger partial charge in [0, 0.05) is 18.6 Å². The molecule has 0 spiro atoms. The fourth-order valence-corrected chi connectivity index (χ4v) is 4.19. The summed E-state index contributed by atoms with van der Waals surface area (Å²) < 4.78 is 0. The molecule has 0 heterocycles. The van der Waals surface area contributed by atoms with E-state index in [4.69, 9.17) is 5.73 Å². The molecular formula is C26H34N4O7S2. The third-order valence-electron chi connectivity index (χ3n) is 5.78. The highest BCUT2D eigenvalue weighted by molar-refractivity contribution is 7.98. The smallest absolute Gasteiger partial charge is 0.326 e. The van der Waals surface area contributed by atoms with Crippen molar-refractivity contribution in [1.82, 2.24) is 16.0 Å². The molecule has 4 unspecified atom stereocenters. The SMILES string of the molecule is CSCCC(NC(=O)C(Cc1ccc(O)cc1)NC(=O)C(Cc1ccc(O)cc1)NC(=O)C(N)CS)C(=O)O. The van der Waals surface area contributed by atoms with E-state index in [0.29, 0.717) is 16.9 Å². The van der Waals surface area contributed by atoms with Gasteiger partial charge < -0.3 is 37.0 Å². The highest BCUT2D eigenvalue weighted by Crippen LogP contribution is 2.14. The summed E-state index contributed by atoms with van der Waals surface area (Å²) in [6.07, 6.45) is 2.01. The van der Waals surface area contributed by atoms with Crippen LogP contribution in [-0.4, -0.2) is 80.9 Å². The monoisotopic (exact) mass is 578 g/mol. The molecular weight excluding hydrogens is 544 g/mol. The molecule has 8 N–H and O–H groups in total. The van der Waals surface area contributed by atoms with E-state index in [0.717, 1.165) is 0 Å². The third kappa shape index (κ3) is 10.7. The molecule has 0 saturated carbocycles. The number of carbonyl (C=O) groups excluding carboxylic acids is 3. The number of nitrogens with two attached hydrogens (primary N) is 1. The standard InChI is InChI=1S/C26H34N4O7S2/c1-39-11-10-20(26(36)37)28-24(34)22(13-16-4-8-18(32)9-5-16)30-25(35)21(29-23(33)19(27)14-38)12-15-2-6-17(31)7-3-15/h2-9,19-22,31-32,38H,10-14,27H2,1H3,(H,28,34)(H,29,33)(H,30,35)(H,36,37). The lowest BCUT2D eigenvalue weighted by Gasteiger charge is -2.25. The predicted molar refractivity (Wildman–Crippen MR) is 152 cm³/mol. The van der Waals surface area contributed by atoms with Crippen molar-refractivity contribution >= 4 is 48.1 Å². The van der Waals surface area contributed by atoms with Crippen molar-refractivity contribution in [3.05, 3.63) is 59.7 Å². The highest BCUT2D eigenvalue weighted by Gasteiger charge is 2.30. The first-order valence-electron chi connectivity index (χ1n) is 12.1. The van der Waals surface area contributed by atoms with Crippen molar-refractivity contribution in [2.24, 2.45) is 5.73 Å². The molecule has 11 nitrogen and oxygen atoms in total.